The molecule has 0 radical (unpaired) electrons. The fraction of sp³-hybridized carbons (Fsp3) is 0. The quantitative estimate of drug-likeness (QED) is 0.465. The zero-order chi connectivity index (χ0) is 12.4. The van der Waals surface area contributed by atoms with Crippen LogP contribution in [0.1, 0.15) is 10.6 Å². The number of nitro benzene ring substituents is 1. The first-order valence-electron chi connectivity index (χ1n) is 4.61. The topological polar surface area (TPSA) is 73.3 Å². The Hall–Kier alpha value is -2.50. The van der Waals surface area contributed by atoms with Crippen molar-refractivity contribution in [2.75, 3.05) is 0 Å². The second-order valence-electron chi connectivity index (χ2n) is 3.24. The number of carbonyl (C=O) groups is 1. The van der Waals surface area contributed by atoms with Crippen LogP contribution in [0.25, 0.3) is 11.3 Å². The zero-order valence-corrected chi connectivity index (χ0v) is 8.42. The maximum absolute atomic E-state index is 13.1. The molecule has 0 aliphatic heterocycles. The summed E-state index contributed by atoms with van der Waals surface area (Å²) in [5.74, 6) is -0.508. The predicted octanol–water partition coefficient (Wildman–Crippen LogP) is 2.81. The highest BCUT2D eigenvalue weighted by Crippen LogP contribution is 2.31. The van der Waals surface area contributed by atoms with Gasteiger partial charge in [0.2, 0.25) is 0 Å². The molecule has 0 aliphatic carbocycles. The van der Waals surface area contributed by atoms with Crippen LogP contribution in [0.3, 0.4) is 0 Å². The summed E-state index contributed by atoms with van der Waals surface area (Å²) in [6, 6.07) is 5.77. The van der Waals surface area contributed by atoms with Crippen molar-refractivity contribution >= 4 is 12.0 Å². The SMILES string of the molecule is O=Cc1ccc(-c2cc(F)ccc2[N+](=O)[O-])o1. The van der Waals surface area contributed by atoms with Crippen LogP contribution in [0, 0.1) is 15.9 Å². The van der Waals surface area contributed by atoms with Gasteiger partial charge in [-0.3, -0.25) is 14.9 Å². The van der Waals surface area contributed by atoms with Crippen molar-refractivity contribution in [2.45, 2.75) is 0 Å². The van der Waals surface area contributed by atoms with Gasteiger partial charge in [0.25, 0.3) is 5.69 Å². The van der Waals surface area contributed by atoms with E-state index in [1.54, 1.807) is 0 Å². The number of nitrogens with zero attached hydrogens (tertiary/aromatic N) is 1. The Morgan fingerprint density at radius 1 is 1.29 bits per heavy atom. The molecule has 0 aliphatic rings. The van der Waals surface area contributed by atoms with Gasteiger partial charge in [0, 0.05) is 6.07 Å². The van der Waals surface area contributed by atoms with Crippen molar-refractivity contribution in [1.29, 1.82) is 0 Å². The molecule has 0 bridgehead atoms. The van der Waals surface area contributed by atoms with Gasteiger partial charge in [-0.2, -0.15) is 0 Å². The highest BCUT2D eigenvalue weighted by Gasteiger charge is 2.18. The van der Waals surface area contributed by atoms with Crippen molar-refractivity contribution in [1.82, 2.24) is 0 Å². The molecule has 0 unspecified atom stereocenters. The van der Waals surface area contributed by atoms with E-state index in [2.05, 4.69) is 0 Å². The molecule has 1 aromatic heterocycles. The molecule has 6 heteroatoms. The summed E-state index contributed by atoms with van der Waals surface area (Å²) < 4.78 is 18.1. The highest BCUT2D eigenvalue weighted by molar-refractivity contribution is 5.75. The molecule has 0 N–H and O–H groups in total. The lowest BCUT2D eigenvalue weighted by Gasteiger charge is -1.99. The minimum atomic E-state index is -0.641. The van der Waals surface area contributed by atoms with E-state index in [0.717, 1.165) is 18.2 Å². The van der Waals surface area contributed by atoms with Crippen LogP contribution >= 0.6 is 0 Å². The maximum atomic E-state index is 13.1. The minimum Gasteiger partial charge on any atom is -0.453 e. The summed E-state index contributed by atoms with van der Waals surface area (Å²) in [4.78, 5) is 20.5. The first-order chi connectivity index (χ1) is 8.11. The molecule has 2 aromatic rings. The second-order valence-corrected chi connectivity index (χ2v) is 3.24. The second kappa shape index (κ2) is 4.17. The lowest BCUT2D eigenvalue weighted by atomic mass is 10.1. The van der Waals surface area contributed by atoms with Crippen LogP contribution in [-0.4, -0.2) is 11.2 Å². The summed E-state index contributed by atoms with van der Waals surface area (Å²) in [7, 11) is 0. The molecular weight excluding hydrogens is 229 g/mol. The number of benzene rings is 1. The average molecular weight is 235 g/mol. The molecule has 5 nitrogen and oxygen atoms in total. The number of halogens is 1. The van der Waals surface area contributed by atoms with Crippen LogP contribution < -0.4 is 0 Å². The number of furan rings is 1. The van der Waals surface area contributed by atoms with E-state index in [-0.39, 0.29) is 22.8 Å². The van der Waals surface area contributed by atoms with Crippen LogP contribution in [0.2, 0.25) is 0 Å². The van der Waals surface area contributed by atoms with Gasteiger partial charge in [-0.05, 0) is 24.3 Å². The number of hydrogen-bond donors (Lipinski definition) is 0. The summed E-state index contributed by atoms with van der Waals surface area (Å²) in [5, 5.41) is 10.8. The fourth-order valence-electron chi connectivity index (χ4n) is 1.43. The predicted molar refractivity (Wildman–Crippen MR) is 56.1 cm³/mol. The van der Waals surface area contributed by atoms with E-state index in [9.17, 15) is 19.3 Å². The molecule has 17 heavy (non-hydrogen) atoms. The van der Waals surface area contributed by atoms with E-state index in [0.29, 0.717) is 6.29 Å². The van der Waals surface area contributed by atoms with Crippen LogP contribution in [0.4, 0.5) is 10.1 Å². The minimum absolute atomic E-state index is 0.00287. The smallest absolute Gasteiger partial charge is 0.280 e. The average Bonchev–Trinajstić information content (AvgIpc) is 2.76. The molecule has 0 atom stereocenters. The fourth-order valence-corrected chi connectivity index (χ4v) is 1.43. The third-order valence-corrected chi connectivity index (χ3v) is 2.16. The summed E-state index contributed by atoms with van der Waals surface area (Å²) in [6.07, 6.45) is 0.467. The Kier molecular flexibility index (Phi) is 2.70. The van der Waals surface area contributed by atoms with E-state index in [1.807, 2.05) is 0 Å². The van der Waals surface area contributed by atoms with Crippen molar-refractivity contribution < 1.29 is 18.5 Å². The monoisotopic (exact) mass is 235 g/mol. The van der Waals surface area contributed by atoms with E-state index >= 15 is 0 Å². The lowest BCUT2D eigenvalue weighted by Crippen LogP contribution is -1.92. The molecule has 0 amide bonds. The molecule has 1 aromatic carbocycles. The van der Waals surface area contributed by atoms with Gasteiger partial charge in [-0.1, -0.05) is 0 Å². The zero-order valence-electron chi connectivity index (χ0n) is 8.42. The van der Waals surface area contributed by atoms with E-state index in [4.69, 9.17) is 4.42 Å². The van der Waals surface area contributed by atoms with Gasteiger partial charge >= 0.3 is 0 Å². The number of rotatable bonds is 3. The molecule has 0 spiro atoms. The van der Waals surface area contributed by atoms with Crippen molar-refractivity contribution in [3.8, 4) is 11.3 Å². The van der Waals surface area contributed by atoms with Gasteiger partial charge in [-0.25, -0.2) is 4.39 Å². The standard InChI is InChI=1S/C11H6FNO4/c12-7-1-3-10(13(15)16)9(5-7)11-4-2-8(6-14)17-11/h1-6H. The van der Waals surface area contributed by atoms with E-state index in [1.165, 1.54) is 12.1 Å². The Balaban J connectivity index is 2.60. The molecule has 86 valence electrons. The summed E-state index contributed by atoms with van der Waals surface area (Å²) in [6.45, 7) is 0. The van der Waals surface area contributed by atoms with Gasteiger partial charge < -0.3 is 4.42 Å². The maximum Gasteiger partial charge on any atom is 0.280 e. The van der Waals surface area contributed by atoms with Crippen LogP contribution in [0.15, 0.2) is 34.7 Å². The molecule has 2 rings (SSSR count). The Bertz CT molecular complexity index is 591. The number of carbonyl (C=O) groups excluding carboxylic acids is 1. The first kappa shape index (κ1) is 11.0. The largest absolute Gasteiger partial charge is 0.453 e. The highest BCUT2D eigenvalue weighted by atomic mass is 19.1. The van der Waals surface area contributed by atoms with E-state index < -0.39 is 10.7 Å². The third kappa shape index (κ3) is 2.05. The van der Waals surface area contributed by atoms with Gasteiger partial charge in [-0.15, -0.1) is 0 Å². The first-order valence-corrected chi connectivity index (χ1v) is 4.61. The summed E-state index contributed by atoms with van der Waals surface area (Å²) >= 11 is 0. The molecule has 0 saturated carbocycles. The van der Waals surface area contributed by atoms with Crippen molar-refractivity contribution in [3.05, 3.63) is 52.0 Å². The number of aldehydes is 1. The van der Waals surface area contributed by atoms with Crippen molar-refractivity contribution in [2.24, 2.45) is 0 Å². The molecular formula is C11H6FNO4. The Morgan fingerprint density at radius 2 is 2.06 bits per heavy atom. The van der Waals surface area contributed by atoms with Gasteiger partial charge in [0.15, 0.2) is 12.0 Å². The van der Waals surface area contributed by atoms with Crippen LogP contribution in [0.5, 0.6) is 0 Å². The normalized spacial score (nSPS) is 10.2. The Morgan fingerprint density at radius 3 is 2.65 bits per heavy atom. The van der Waals surface area contributed by atoms with Crippen molar-refractivity contribution in [3.63, 3.8) is 0 Å². The summed E-state index contributed by atoms with van der Waals surface area (Å²) in [5.41, 5.74) is -0.277. The number of nitro groups is 1. The molecule has 0 fully saturated rings. The third-order valence-electron chi connectivity index (χ3n) is 2.16. The van der Waals surface area contributed by atoms with Gasteiger partial charge in [0.05, 0.1) is 10.5 Å². The lowest BCUT2D eigenvalue weighted by molar-refractivity contribution is -0.384. The molecule has 0 saturated heterocycles. The Labute approximate surface area is 94.6 Å². The van der Waals surface area contributed by atoms with Crippen LogP contribution in [-0.2, 0) is 0 Å². The van der Waals surface area contributed by atoms with Gasteiger partial charge in [0.1, 0.15) is 11.6 Å². The number of hydrogen-bond acceptors (Lipinski definition) is 4. The molecule has 1 heterocycles.